The minimum atomic E-state index is -4.55. The van der Waals surface area contributed by atoms with Gasteiger partial charge in [0.25, 0.3) is 5.91 Å². The molecule has 6 nitrogen and oxygen atoms in total. The maximum absolute atomic E-state index is 13.5. The number of thioether (sulfide) groups is 1. The Kier molecular flexibility index (Phi) is 7.82. The van der Waals surface area contributed by atoms with Crippen molar-refractivity contribution in [2.24, 2.45) is 7.05 Å². The number of aromatic nitrogens is 3. The Labute approximate surface area is 204 Å². The molecular weight excluding hydrogens is 489 g/mol. The van der Waals surface area contributed by atoms with Crippen LogP contribution in [0.4, 0.5) is 13.2 Å². The fourth-order valence-electron chi connectivity index (χ4n) is 3.46. The number of alkyl halides is 3. The molecule has 34 heavy (non-hydrogen) atoms. The van der Waals surface area contributed by atoms with Gasteiger partial charge in [0.2, 0.25) is 0 Å². The van der Waals surface area contributed by atoms with Gasteiger partial charge in [0.05, 0.1) is 11.1 Å². The average Bonchev–Trinajstić information content (AvgIpc) is 3.16. The minimum absolute atomic E-state index is 0.0470. The quantitative estimate of drug-likeness (QED) is 0.400. The number of rotatable bonds is 8. The second kappa shape index (κ2) is 10.3. The summed E-state index contributed by atoms with van der Waals surface area (Å²) in [5.74, 6) is 0.986. The van der Waals surface area contributed by atoms with Gasteiger partial charge in [-0.25, -0.2) is 0 Å². The number of nitrogens with one attached hydrogen (secondary N) is 1. The lowest BCUT2D eigenvalue weighted by Crippen LogP contribution is -2.31. The van der Waals surface area contributed by atoms with Crippen LogP contribution in [-0.4, -0.2) is 39.2 Å². The maximum Gasteiger partial charge on any atom is 0.417 e. The predicted octanol–water partition coefficient (Wildman–Crippen LogP) is 5.56. The molecule has 0 atom stereocenters. The molecule has 0 saturated carbocycles. The van der Waals surface area contributed by atoms with E-state index >= 15 is 0 Å². The Bertz CT molecular complexity index is 1180. The lowest BCUT2D eigenvalue weighted by Gasteiger charge is -2.27. The van der Waals surface area contributed by atoms with Crippen molar-refractivity contribution < 1.29 is 22.7 Å². The number of carbonyl (C=O) groups excluding carboxylic acids is 1. The summed E-state index contributed by atoms with van der Waals surface area (Å²) in [4.78, 5) is 12.7. The summed E-state index contributed by atoms with van der Waals surface area (Å²) in [6, 6.07) is 9.85. The third-order valence-corrected chi connectivity index (χ3v) is 5.88. The van der Waals surface area contributed by atoms with Gasteiger partial charge in [0.15, 0.2) is 17.2 Å². The molecular formula is C23H24ClF3N4O2S. The number of amides is 1. The van der Waals surface area contributed by atoms with E-state index in [0.29, 0.717) is 11.6 Å². The zero-order chi connectivity index (χ0) is 25.1. The summed E-state index contributed by atoms with van der Waals surface area (Å²) in [5.41, 5.74) is -1.80. The highest BCUT2D eigenvalue weighted by Gasteiger charge is 2.36. The fraction of sp³-hybridized carbons (Fsp3) is 0.348. The van der Waals surface area contributed by atoms with Gasteiger partial charge in [-0.3, -0.25) is 4.79 Å². The molecule has 0 aliphatic carbocycles. The van der Waals surface area contributed by atoms with E-state index in [1.807, 2.05) is 6.26 Å². The van der Waals surface area contributed by atoms with Crippen LogP contribution in [-0.2, 0) is 18.8 Å². The fourth-order valence-corrected chi connectivity index (χ4v) is 3.94. The molecule has 1 N–H and O–H groups in total. The van der Waals surface area contributed by atoms with Crippen molar-refractivity contribution in [2.75, 3.05) is 18.6 Å². The van der Waals surface area contributed by atoms with Crippen LogP contribution in [0.5, 0.6) is 5.75 Å². The van der Waals surface area contributed by atoms with Gasteiger partial charge >= 0.3 is 6.18 Å². The molecule has 11 heteroatoms. The van der Waals surface area contributed by atoms with Crippen LogP contribution in [0, 0.1) is 0 Å². The van der Waals surface area contributed by atoms with E-state index in [0.717, 1.165) is 11.8 Å². The molecule has 0 aliphatic rings. The Morgan fingerprint density at radius 3 is 2.56 bits per heavy atom. The van der Waals surface area contributed by atoms with Crippen LogP contribution >= 0.6 is 23.4 Å². The second-order valence-electron chi connectivity index (χ2n) is 7.95. The molecule has 0 bridgehead atoms. The molecule has 0 fully saturated rings. The van der Waals surface area contributed by atoms with E-state index in [-0.39, 0.29) is 34.4 Å². The molecule has 0 spiro atoms. The topological polar surface area (TPSA) is 69.0 Å². The summed E-state index contributed by atoms with van der Waals surface area (Å²) in [6.07, 6.45) is -2.61. The lowest BCUT2D eigenvalue weighted by atomic mass is 10.1. The Morgan fingerprint density at radius 2 is 1.88 bits per heavy atom. The first-order valence-electron chi connectivity index (χ1n) is 10.3. The third kappa shape index (κ3) is 5.67. The van der Waals surface area contributed by atoms with Crippen molar-refractivity contribution in [1.82, 2.24) is 20.1 Å². The van der Waals surface area contributed by atoms with Gasteiger partial charge < -0.3 is 14.6 Å². The molecule has 1 amide bonds. The molecule has 182 valence electrons. The normalized spacial score (nSPS) is 12.0. The average molecular weight is 513 g/mol. The van der Waals surface area contributed by atoms with Crippen molar-refractivity contribution in [2.45, 2.75) is 25.6 Å². The monoisotopic (exact) mass is 512 g/mol. The lowest BCUT2D eigenvalue weighted by molar-refractivity contribution is -0.137. The zero-order valence-corrected chi connectivity index (χ0v) is 20.6. The highest BCUT2D eigenvalue weighted by Crippen LogP contribution is 2.37. The Morgan fingerprint density at radius 1 is 1.18 bits per heavy atom. The number of carbonyl (C=O) groups is 1. The summed E-state index contributed by atoms with van der Waals surface area (Å²) < 4.78 is 48.2. The molecule has 0 unspecified atom stereocenters. The van der Waals surface area contributed by atoms with Gasteiger partial charge in [-0.2, -0.15) is 24.9 Å². The Hall–Kier alpha value is -2.72. The third-order valence-electron chi connectivity index (χ3n) is 5.03. The van der Waals surface area contributed by atoms with Gasteiger partial charge in [-0.15, -0.1) is 10.2 Å². The van der Waals surface area contributed by atoms with Crippen LogP contribution in [0.3, 0.4) is 0 Å². The highest BCUT2D eigenvalue weighted by molar-refractivity contribution is 7.98. The van der Waals surface area contributed by atoms with Crippen LogP contribution in [0.1, 0.15) is 35.6 Å². The zero-order valence-electron chi connectivity index (χ0n) is 19.0. The first kappa shape index (κ1) is 25.9. The van der Waals surface area contributed by atoms with E-state index in [9.17, 15) is 18.0 Å². The number of ether oxygens (including phenoxy) is 1. The van der Waals surface area contributed by atoms with Crippen molar-refractivity contribution in [3.8, 4) is 17.1 Å². The van der Waals surface area contributed by atoms with Crippen LogP contribution in [0.25, 0.3) is 11.4 Å². The molecule has 2 aromatic carbocycles. The Balaban J connectivity index is 1.96. The van der Waals surface area contributed by atoms with Gasteiger partial charge in [0.1, 0.15) is 5.75 Å². The van der Waals surface area contributed by atoms with Crippen molar-refractivity contribution in [3.63, 3.8) is 0 Å². The van der Waals surface area contributed by atoms with Crippen molar-refractivity contribution in [3.05, 3.63) is 64.4 Å². The molecule has 3 rings (SSSR count). The number of hydrogen-bond donors (Lipinski definition) is 1. The minimum Gasteiger partial charge on any atom is -0.479 e. The predicted molar refractivity (Wildman–Crippen MR) is 127 cm³/mol. The molecule has 1 aromatic heterocycles. The number of halogens is 4. The number of hydrogen-bond acceptors (Lipinski definition) is 5. The molecule has 0 saturated heterocycles. The van der Waals surface area contributed by atoms with Crippen molar-refractivity contribution in [1.29, 1.82) is 0 Å². The largest absolute Gasteiger partial charge is 0.479 e. The SMILES string of the molecule is CSCCNC(=O)c1cc(Cl)ccc1OC(C)(C)c1nnc(-c2ccccc2C(F)(F)F)n1C. The smallest absolute Gasteiger partial charge is 0.417 e. The van der Waals surface area contributed by atoms with E-state index in [1.54, 1.807) is 44.8 Å². The van der Waals surface area contributed by atoms with E-state index in [4.69, 9.17) is 16.3 Å². The van der Waals surface area contributed by atoms with E-state index < -0.39 is 17.3 Å². The standard InChI is InChI=1S/C23H24ClF3N4O2S/c1-22(2,33-18-10-9-14(24)13-16(18)20(32)28-11-12-34-4)21-30-29-19(31(21)3)15-7-5-6-8-17(15)23(25,26)27/h5-10,13H,11-12H2,1-4H3,(H,28,32). The first-order valence-corrected chi connectivity index (χ1v) is 12.0. The number of nitrogens with zero attached hydrogens (tertiary/aromatic N) is 3. The number of benzene rings is 2. The molecule has 0 aliphatic heterocycles. The van der Waals surface area contributed by atoms with Crippen LogP contribution in [0.2, 0.25) is 5.02 Å². The van der Waals surface area contributed by atoms with Gasteiger partial charge in [-0.05, 0) is 44.4 Å². The summed E-state index contributed by atoms with van der Waals surface area (Å²) in [7, 11) is 1.57. The first-order chi connectivity index (χ1) is 16.0. The summed E-state index contributed by atoms with van der Waals surface area (Å²) >= 11 is 7.70. The van der Waals surface area contributed by atoms with Crippen LogP contribution in [0.15, 0.2) is 42.5 Å². The van der Waals surface area contributed by atoms with Gasteiger partial charge in [-0.1, -0.05) is 29.8 Å². The molecule has 0 radical (unpaired) electrons. The van der Waals surface area contributed by atoms with E-state index in [1.165, 1.54) is 28.8 Å². The summed E-state index contributed by atoms with van der Waals surface area (Å²) in [6.45, 7) is 3.86. The molecule has 1 heterocycles. The maximum atomic E-state index is 13.5. The van der Waals surface area contributed by atoms with Crippen molar-refractivity contribution >= 4 is 29.3 Å². The summed E-state index contributed by atoms with van der Waals surface area (Å²) in [5, 5.41) is 11.3. The highest BCUT2D eigenvalue weighted by atomic mass is 35.5. The second-order valence-corrected chi connectivity index (χ2v) is 9.37. The van der Waals surface area contributed by atoms with Gasteiger partial charge in [0, 0.05) is 29.9 Å². The van der Waals surface area contributed by atoms with E-state index in [2.05, 4.69) is 15.5 Å². The van der Waals surface area contributed by atoms with Crippen LogP contribution < -0.4 is 10.1 Å². The molecule has 3 aromatic rings.